The average molecular weight is 171 g/mol. The molecule has 0 atom stereocenters. The molecule has 2 aromatic rings. The Labute approximate surface area is 77.6 Å². The maximum Gasteiger partial charge on any atom is 0.138 e. The quantitative estimate of drug-likeness (QED) is 0.701. The van der Waals surface area contributed by atoms with E-state index in [2.05, 4.69) is 48.2 Å². The van der Waals surface area contributed by atoms with Gasteiger partial charge in [0, 0.05) is 11.8 Å². The highest BCUT2D eigenvalue weighted by Crippen LogP contribution is 2.22. The monoisotopic (exact) mass is 171 g/mol. The molecular formula is C11H11N2. The minimum absolute atomic E-state index is 0.899. The fourth-order valence-corrected chi connectivity index (χ4v) is 1.55. The fourth-order valence-electron chi connectivity index (χ4n) is 1.55. The zero-order valence-corrected chi connectivity index (χ0v) is 7.76. The van der Waals surface area contributed by atoms with Crippen LogP contribution in [0.3, 0.4) is 0 Å². The highest BCUT2D eigenvalue weighted by atomic mass is 14.9. The van der Waals surface area contributed by atoms with Gasteiger partial charge in [0.1, 0.15) is 12.0 Å². The Kier molecular flexibility index (Phi) is 1.89. The van der Waals surface area contributed by atoms with Crippen molar-refractivity contribution in [3.05, 3.63) is 41.7 Å². The van der Waals surface area contributed by atoms with Gasteiger partial charge < -0.3 is 4.98 Å². The topological polar surface area (TPSA) is 28.7 Å². The summed E-state index contributed by atoms with van der Waals surface area (Å²) >= 11 is 0. The number of H-pyrrole nitrogens is 1. The SMILES string of the molecule is Cc1cccc(C)c1-c1n[c]c[nH]1. The smallest absolute Gasteiger partial charge is 0.138 e. The summed E-state index contributed by atoms with van der Waals surface area (Å²) in [6.45, 7) is 4.18. The van der Waals surface area contributed by atoms with E-state index >= 15 is 0 Å². The summed E-state index contributed by atoms with van der Waals surface area (Å²) in [5.74, 6) is 0.899. The molecule has 65 valence electrons. The molecule has 1 heterocycles. The Hall–Kier alpha value is -1.57. The van der Waals surface area contributed by atoms with Gasteiger partial charge in [-0.3, -0.25) is 0 Å². The molecule has 1 aromatic heterocycles. The third kappa shape index (κ3) is 1.35. The lowest BCUT2D eigenvalue weighted by molar-refractivity contribution is 1.26. The lowest BCUT2D eigenvalue weighted by atomic mass is 10.0. The van der Waals surface area contributed by atoms with Gasteiger partial charge in [-0.05, 0) is 25.0 Å². The molecular weight excluding hydrogens is 160 g/mol. The summed E-state index contributed by atoms with van der Waals surface area (Å²) in [4.78, 5) is 7.20. The van der Waals surface area contributed by atoms with E-state index in [1.54, 1.807) is 6.20 Å². The van der Waals surface area contributed by atoms with Crippen LogP contribution in [0, 0.1) is 20.0 Å². The van der Waals surface area contributed by atoms with Crippen molar-refractivity contribution < 1.29 is 0 Å². The number of aryl methyl sites for hydroxylation is 2. The van der Waals surface area contributed by atoms with E-state index in [4.69, 9.17) is 0 Å². The molecule has 0 saturated heterocycles. The van der Waals surface area contributed by atoms with E-state index in [0.717, 1.165) is 5.82 Å². The van der Waals surface area contributed by atoms with Gasteiger partial charge in [0.15, 0.2) is 0 Å². The first-order valence-corrected chi connectivity index (χ1v) is 4.27. The first-order chi connectivity index (χ1) is 6.29. The van der Waals surface area contributed by atoms with Crippen molar-refractivity contribution in [3.8, 4) is 11.4 Å². The molecule has 0 spiro atoms. The second-order valence-corrected chi connectivity index (χ2v) is 3.14. The Balaban J connectivity index is 2.64. The summed E-state index contributed by atoms with van der Waals surface area (Å²) in [5.41, 5.74) is 3.66. The van der Waals surface area contributed by atoms with Gasteiger partial charge in [-0.2, -0.15) is 0 Å². The predicted molar refractivity (Wildman–Crippen MR) is 52.3 cm³/mol. The van der Waals surface area contributed by atoms with Crippen molar-refractivity contribution in [1.29, 1.82) is 0 Å². The van der Waals surface area contributed by atoms with Gasteiger partial charge in [-0.25, -0.2) is 4.98 Å². The zero-order chi connectivity index (χ0) is 9.26. The number of nitrogens with zero attached hydrogens (tertiary/aromatic N) is 1. The van der Waals surface area contributed by atoms with Crippen LogP contribution in [0.15, 0.2) is 24.4 Å². The molecule has 1 aromatic carbocycles. The Bertz CT molecular complexity index is 382. The molecule has 1 radical (unpaired) electrons. The number of hydrogen-bond acceptors (Lipinski definition) is 1. The number of benzene rings is 1. The molecule has 0 fully saturated rings. The summed E-state index contributed by atoms with van der Waals surface area (Å²) in [7, 11) is 0. The zero-order valence-electron chi connectivity index (χ0n) is 7.76. The lowest BCUT2D eigenvalue weighted by Crippen LogP contribution is -1.88. The van der Waals surface area contributed by atoms with Crippen LogP contribution in [0.2, 0.25) is 0 Å². The predicted octanol–water partition coefficient (Wildman–Crippen LogP) is 2.49. The number of aromatic amines is 1. The lowest BCUT2D eigenvalue weighted by Gasteiger charge is -2.05. The Morgan fingerprint density at radius 3 is 2.46 bits per heavy atom. The summed E-state index contributed by atoms with van der Waals surface area (Å²) in [5, 5.41) is 0. The fraction of sp³-hybridized carbons (Fsp3) is 0.182. The van der Waals surface area contributed by atoms with Gasteiger partial charge in [-0.15, -0.1) is 0 Å². The number of nitrogens with one attached hydrogen (secondary N) is 1. The van der Waals surface area contributed by atoms with Gasteiger partial charge in [0.2, 0.25) is 0 Å². The van der Waals surface area contributed by atoms with Crippen molar-refractivity contribution in [2.75, 3.05) is 0 Å². The Morgan fingerprint density at radius 1 is 1.23 bits per heavy atom. The molecule has 0 aliphatic rings. The van der Waals surface area contributed by atoms with Gasteiger partial charge in [-0.1, -0.05) is 18.2 Å². The van der Waals surface area contributed by atoms with E-state index in [1.165, 1.54) is 16.7 Å². The van der Waals surface area contributed by atoms with Gasteiger partial charge in [0.25, 0.3) is 0 Å². The van der Waals surface area contributed by atoms with Crippen molar-refractivity contribution >= 4 is 0 Å². The third-order valence-corrected chi connectivity index (χ3v) is 2.17. The molecule has 2 nitrogen and oxygen atoms in total. The maximum atomic E-state index is 4.13. The normalized spacial score (nSPS) is 10.3. The molecule has 0 bridgehead atoms. The standard InChI is InChI=1S/C11H11N2/c1-8-4-3-5-9(2)10(8)11-12-6-7-13-11/h3-6H,1-2H3,(H,12,13). The van der Waals surface area contributed by atoms with E-state index in [-0.39, 0.29) is 0 Å². The van der Waals surface area contributed by atoms with Crippen LogP contribution in [0.4, 0.5) is 0 Å². The van der Waals surface area contributed by atoms with Crippen LogP contribution >= 0.6 is 0 Å². The number of imidazole rings is 1. The largest absolute Gasteiger partial charge is 0.344 e. The summed E-state index contributed by atoms with van der Waals surface area (Å²) < 4.78 is 0. The van der Waals surface area contributed by atoms with E-state index in [9.17, 15) is 0 Å². The van der Waals surface area contributed by atoms with Crippen LogP contribution in [0.25, 0.3) is 11.4 Å². The molecule has 0 amide bonds. The van der Waals surface area contributed by atoms with Crippen molar-refractivity contribution in [2.45, 2.75) is 13.8 Å². The Morgan fingerprint density at radius 2 is 1.92 bits per heavy atom. The minimum atomic E-state index is 0.899. The van der Waals surface area contributed by atoms with E-state index in [0.29, 0.717) is 0 Å². The molecule has 0 aliphatic heterocycles. The van der Waals surface area contributed by atoms with Crippen LogP contribution < -0.4 is 0 Å². The number of aromatic nitrogens is 2. The van der Waals surface area contributed by atoms with Crippen LogP contribution in [0.1, 0.15) is 11.1 Å². The highest BCUT2D eigenvalue weighted by molar-refractivity contribution is 5.64. The number of rotatable bonds is 1. The third-order valence-electron chi connectivity index (χ3n) is 2.17. The first kappa shape index (κ1) is 8.05. The molecule has 0 aliphatic carbocycles. The van der Waals surface area contributed by atoms with E-state index in [1.807, 2.05) is 0 Å². The highest BCUT2D eigenvalue weighted by Gasteiger charge is 2.05. The van der Waals surface area contributed by atoms with Crippen molar-refractivity contribution in [2.24, 2.45) is 0 Å². The molecule has 13 heavy (non-hydrogen) atoms. The second kappa shape index (κ2) is 3.05. The minimum Gasteiger partial charge on any atom is -0.344 e. The number of hydrogen-bond donors (Lipinski definition) is 1. The van der Waals surface area contributed by atoms with Gasteiger partial charge >= 0.3 is 0 Å². The maximum absolute atomic E-state index is 4.13. The van der Waals surface area contributed by atoms with E-state index < -0.39 is 0 Å². The molecule has 0 saturated carbocycles. The molecule has 2 heteroatoms. The first-order valence-electron chi connectivity index (χ1n) is 4.27. The summed E-state index contributed by atoms with van der Waals surface area (Å²) in [6, 6.07) is 6.23. The van der Waals surface area contributed by atoms with Gasteiger partial charge in [0.05, 0.1) is 0 Å². The summed E-state index contributed by atoms with van der Waals surface area (Å²) in [6.07, 6.45) is 4.50. The molecule has 2 rings (SSSR count). The second-order valence-electron chi connectivity index (χ2n) is 3.14. The van der Waals surface area contributed by atoms with Crippen LogP contribution in [0.5, 0.6) is 0 Å². The van der Waals surface area contributed by atoms with Crippen molar-refractivity contribution in [3.63, 3.8) is 0 Å². The van der Waals surface area contributed by atoms with Crippen LogP contribution in [-0.4, -0.2) is 9.97 Å². The molecule has 0 unspecified atom stereocenters. The van der Waals surface area contributed by atoms with Crippen molar-refractivity contribution in [1.82, 2.24) is 9.97 Å². The van der Waals surface area contributed by atoms with Crippen LogP contribution in [-0.2, 0) is 0 Å². The average Bonchev–Trinajstić information content (AvgIpc) is 2.57. The molecule has 1 N–H and O–H groups in total.